The van der Waals surface area contributed by atoms with Crippen molar-refractivity contribution in [2.24, 2.45) is 0 Å². The number of anilines is 1. The molecule has 10 nitrogen and oxygen atoms in total. The first-order chi connectivity index (χ1) is 22.9. The summed E-state index contributed by atoms with van der Waals surface area (Å²) in [5.74, 6) is -0.0167. The Morgan fingerprint density at radius 1 is 1.00 bits per heavy atom. The van der Waals surface area contributed by atoms with Crippen molar-refractivity contribution in [1.82, 2.24) is 10.2 Å². The summed E-state index contributed by atoms with van der Waals surface area (Å²) >= 11 is 2.51. The average molecular weight is 678 g/mol. The van der Waals surface area contributed by atoms with Crippen molar-refractivity contribution >= 4 is 45.7 Å². The summed E-state index contributed by atoms with van der Waals surface area (Å²) in [7, 11) is 0. The number of hydrogen-bond acceptors (Lipinski definition) is 11. The lowest BCUT2D eigenvalue weighted by Crippen LogP contribution is -2.29. The van der Waals surface area contributed by atoms with E-state index < -0.39 is 17.7 Å². The Morgan fingerprint density at radius 3 is 2.55 bits per heavy atom. The molecule has 1 atom stereocenters. The van der Waals surface area contributed by atoms with Crippen LogP contribution in [0.4, 0.5) is 9.52 Å². The van der Waals surface area contributed by atoms with Crippen LogP contribution in [0.25, 0.3) is 5.76 Å². The zero-order chi connectivity index (χ0) is 32.9. The highest BCUT2D eigenvalue weighted by molar-refractivity contribution is 8.00. The number of amides is 1. The molecule has 0 bridgehead atoms. The summed E-state index contributed by atoms with van der Waals surface area (Å²) < 4.78 is 37.1. The van der Waals surface area contributed by atoms with Crippen molar-refractivity contribution in [3.8, 4) is 23.0 Å². The van der Waals surface area contributed by atoms with Crippen LogP contribution in [0.1, 0.15) is 49.4 Å². The molecule has 3 aromatic carbocycles. The highest BCUT2D eigenvalue weighted by atomic mass is 32.2. The van der Waals surface area contributed by atoms with Gasteiger partial charge in [-0.25, -0.2) is 4.39 Å². The second kappa shape index (κ2) is 14.4. The van der Waals surface area contributed by atoms with E-state index in [-0.39, 0.29) is 27.8 Å². The molecule has 0 unspecified atom stereocenters. The first-order valence-corrected chi connectivity index (χ1v) is 17.0. The summed E-state index contributed by atoms with van der Waals surface area (Å²) in [6.45, 7) is 5.52. The number of benzene rings is 3. The molecule has 0 aliphatic carbocycles. The van der Waals surface area contributed by atoms with Crippen molar-refractivity contribution < 1.29 is 38.0 Å². The molecular weight excluding hydrogens is 646 g/mol. The summed E-state index contributed by atoms with van der Waals surface area (Å²) in [6, 6.07) is 15.1. The summed E-state index contributed by atoms with van der Waals surface area (Å²) in [4.78, 5) is 28.8. The van der Waals surface area contributed by atoms with E-state index in [1.807, 2.05) is 6.92 Å². The van der Waals surface area contributed by atoms with Gasteiger partial charge in [0.2, 0.25) is 5.13 Å². The lowest BCUT2D eigenvalue weighted by atomic mass is 9.95. The Hall–Kier alpha value is -4.62. The zero-order valence-electron chi connectivity index (χ0n) is 25.7. The fraction of sp³-hybridized carbons (Fsp3) is 0.294. The van der Waals surface area contributed by atoms with E-state index in [1.54, 1.807) is 48.5 Å². The van der Waals surface area contributed by atoms with E-state index in [0.717, 1.165) is 29.7 Å². The molecule has 47 heavy (non-hydrogen) atoms. The third-order valence-electron chi connectivity index (χ3n) is 7.48. The highest BCUT2D eigenvalue weighted by Crippen LogP contribution is 2.46. The number of ketones is 1. The molecule has 6 rings (SSSR count). The second-order valence-electron chi connectivity index (χ2n) is 10.6. The maximum absolute atomic E-state index is 13.8. The van der Waals surface area contributed by atoms with E-state index in [9.17, 15) is 19.1 Å². The van der Waals surface area contributed by atoms with Crippen molar-refractivity contribution in [3.05, 3.63) is 88.7 Å². The van der Waals surface area contributed by atoms with E-state index in [2.05, 4.69) is 17.1 Å². The first kappa shape index (κ1) is 32.3. The van der Waals surface area contributed by atoms with Crippen LogP contribution in [0.15, 0.2) is 70.6 Å². The Balaban J connectivity index is 1.41. The monoisotopic (exact) mass is 677 g/mol. The van der Waals surface area contributed by atoms with Gasteiger partial charge in [0.05, 0.1) is 24.8 Å². The number of aromatic nitrogens is 2. The fourth-order valence-electron chi connectivity index (χ4n) is 5.18. The van der Waals surface area contributed by atoms with Crippen molar-refractivity contribution in [3.63, 3.8) is 0 Å². The van der Waals surface area contributed by atoms with Crippen molar-refractivity contribution in [2.75, 3.05) is 31.3 Å². The van der Waals surface area contributed by atoms with E-state index in [0.29, 0.717) is 65.1 Å². The van der Waals surface area contributed by atoms with Gasteiger partial charge in [-0.1, -0.05) is 54.6 Å². The lowest BCUT2D eigenvalue weighted by molar-refractivity contribution is -0.132. The number of thioether (sulfide) groups is 1. The zero-order valence-corrected chi connectivity index (χ0v) is 27.4. The summed E-state index contributed by atoms with van der Waals surface area (Å²) in [6.07, 6.45) is 1.82. The minimum Gasteiger partial charge on any atom is -0.507 e. The number of carbonyl (C=O) groups excluding carboxylic acids is 2. The molecule has 13 heteroatoms. The molecule has 4 aromatic rings. The number of aliphatic hydroxyl groups is 1. The number of hydrogen-bond donors (Lipinski definition) is 1. The van der Waals surface area contributed by atoms with Gasteiger partial charge in [0, 0.05) is 11.3 Å². The van der Waals surface area contributed by atoms with Gasteiger partial charge in [0.1, 0.15) is 24.8 Å². The van der Waals surface area contributed by atoms with Gasteiger partial charge in [-0.2, -0.15) is 0 Å². The van der Waals surface area contributed by atoms with Crippen molar-refractivity contribution in [1.29, 1.82) is 0 Å². The van der Waals surface area contributed by atoms with Crippen LogP contribution < -0.4 is 23.8 Å². The molecule has 1 aromatic heterocycles. The van der Waals surface area contributed by atoms with Crippen LogP contribution in [0.2, 0.25) is 0 Å². The molecule has 3 heterocycles. The summed E-state index contributed by atoms with van der Waals surface area (Å²) in [5, 5.41) is 20.4. The largest absolute Gasteiger partial charge is 0.507 e. The quantitative estimate of drug-likeness (QED) is 0.0422. The number of Topliss-reactive ketones (excluding diaryl/α,β-unsaturated/α-hetero) is 1. The van der Waals surface area contributed by atoms with Gasteiger partial charge in [0.15, 0.2) is 27.3 Å². The molecule has 2 aliphatic rings. The van der Waals surface area contributed by atoms with Crippen molar-refractivity contribution in [2.45, 2.75) is 42.8 Å². The fourth-order valence-corrected chi connectivity index (χ4v) is 7.01. The maximum Gasteiger partial charge on any atom is 0.301 e. The number of unbranched alkanes of at least 4 members (excludes halogenated alkanes) is 1. The van der Waals surface area contributed by atoms with Gasteiger partial charge >= 0.3 is 5.91 Å². The molecule has 2 aliphatic heterocycles. The molecule has 1 saturated heterocycles. The topological polar surface area (TPSA) is 120 Å². The molecular formula is C34H32FN3O7S2. The molecule has 0 saturated carbocycles. The van der Waals surface area contributed by atoms with Gasteiger partial charge in [0.25, 0.3) is 5.78 Å². The number of fused-ring (bicyclic) bond motifs is 1. The third-order valence-corrected chi connectivity index (χ3v) is 9.60. The van der Waals surface area contributed by atoms with Gasteiger partial charge in [-0.05, 0) is 66.9 Å². The van der Waals surface area contributed by atoms with Gasteiger partial charge < -0.3 is 24.1 Å². The van der Waals surface area contributed by atoms with E-state index >= 15 is 0 Å². The minimum absolute atomic E-state index is 0.121. The maximum atomic E-state index is 13.8. The molecule has 0 spiro atoms. The highest BCUT2D eigenvalue weighted by Gasteiger charge is 2.48. The molecule has 1 N–H and O–H groups in total. The van der Waals surface area contributed by atoms with Crippen LogP contribution in [0, 0.1) is 5.82 Å². The van der Waals surface area contributed by atoms with Gasteiger partial charge in [-0.15, -0.1) is 10.2 Å². The Bertz CT molecular complexity index is 1810. The smallest absolute Gasteiger partial charge is 0.301 e. The minimum atomic E-state index is -1.06. The SMILES string of the molecule is CCCCOc1ccc([C@@H]2/C(=C(\O)c3ccc4c(c3)OCCO4)C(=O)C(=O)N2c2nnc(SCc3ccc(F)cc3)s2)cc1OCC. The first-order valence-electron chi connectivity index (χ1n) is 15.2. The predicted octanol–water partition coefficient (Wildman–Crippen LogP) is 6.94. The molecule has 0 radical (unpaired) electrons. The lowest BCUT2D eigenvalue weighted by Gasteiger charge is -2.24. The number of nitrogens with zero attached hydrogens (tertiary/aromatic N) is 3. The number of rotatable bonds is 12. The molecule has 1 amide bonds. The number of ether oxygens (including phenoxy) is 4. The Kier molecular flexibility index (Phi) is 9.92. The normalized spacial score (nSPS) is 16.8. The van der Waals surface area contributed by atoms with Gasteiger partial charge in [-0.3, -0.25) is 14.5 Å². The van der Waals surface area contributed by atoms with Crippen LogP contribution in [0.3, 0.4) is 0 Å². The third kappa shape index (κ3) is 6.91. The van der Waals surface area contributed by atoms with E-state index in [1.165, 1.54) is 28.8 Å². The second-order valence-corrected chi connectivity index (χ2v) is 12.8. The molecule has 244 valence electrons. The van der Waals surface area contributed by atoms with Crippen LogP contribution in [-0.2, 0) is 15.3 Å². The standard InChI is InChI=1S/C34H32FN3O7S2/c1-3-5-14-43-24-12-8-21(17-26(24)42-4-2)29-28(30(39)22-9-13-25-27(18-22)45-16-15-44-25)31(40)32(41)38(29)33-36-37-34(47-33)46-19-20-6-10-23(35)11-7-20/h6-13,17-18,29,39H,3-5,14-16,19H2,1-2H3/b30-28+/t29-/m1/s1. The van der Waals surface area contributed by atoms with Crippen LogP contribution in [0.5, 0.6) is 23.0 Å². The average Bonchev–Trinajstić information content (AvgIpc) is 3.66. The van der Waals surface area contributed by atoms with E-state index in [4.69, 9.17) is 18.9 Å². The predicted molar refractivity (Wildman–Crippen MR) is 176 cm³/mol. The van der Waals surface area contributed by atoms with Crippen LogP contribution >= 0.6 is 23.1 Å². The van der Waals surface area contributed by atoms with Crippen LogP contribution in [-0.4, -0.2) is 53.4 Å². The number of aliphatic hydroxyl groups excluding tert-OH is 1. The Morgan fingerprint density at radius 2 is 1.79 bits per heavy atom. The number of halogens is 1. The summed E-state index contributed by atoms with van der Waals surface area (Å²) in [5.41, 5.74) is 1.56. The number of carbonyl (C=O) groups is 2. The molecule has 1 fully saturated rings. The Labute approximate surface area is 279 Å².